The molecule has 1 aliphatic carbocycles. The summed E-state index contributed by atoms with van der Waals surface area (Å²) in [6.07, 6.45) is 3.75. The molecule has 1 saturated carbocycles. The van der Waals surface area contributed by atoms with Crippen LogP contribution in [0.1, 0.15) is 65.3 Å². The Morgan fingerprint density at radius 2 is 2.02 bits per heavy atom. The quantitative estimate of drug-likeness (QED) is 0.254. The molecule has 0 saturated heterocycles. The maximum atomic E-state index is 13.9. The lowest BCUT2D eigenvalue weighted by molar-refractivity contribution is 0.102. The number of fused-ring (bicyclic) bond motifs is 1. The summed E-state index contributed by atoms with van der Waals surface area (Å²) in [7, 11) is 3.55. The van der Waals surface area contributed by atoms with Gasteiger partial charge in [-0.05, 0) is 59.9 Å². The van der Waals surface area contributed by atoms with Gasteiger partial charge >= 0.3 is 0 Å². The zero-order chi connectivity index (χ0) is 30.1. The van der Waals surface area contributed by atoms with Gasteiger partial charge in [0.05, 0.1) is 30.4 Å². The molecule has 1 aliphatic heterocycles. The van der Waals surface area contributed by atoms with Crippen LogP contribution in [0.25, 0.3) is 22.5 Å². The van der Waals surface area contributed by atoms with Crippen LogP contribution in [0.4, 0.5) is 5.82 Å². The van der Waals surface area contributed by atoms with E-state index in [4.69, 9.17) is 14.5 Å². The molecule has 0 bridgehead atoms. The van der Waals surface area contributed by atoms with E-state index in [1.807, 2.05) is 35.9 Å². The first-order valence-corrected chi connectivity index (χ1v) is 14.5. The van der Waals surface area contributed by atoms with Crippen molar-refractivity contribution in [2.24, 2.45) is 7.05 Å². The predicted molar refractivity (Wildman–Crippen MR) is 163 cm³/mol. The second kappa shape index (κ2) is 11.6. The van der Waals surface area contributed by atoms with Crippen molar-refractivity contribution in [2.75, 3.05) is 32.2 Å². The van der Waals surface area contributed by atoms with Crippen LogP contribution in [0.15, 0.2) is 48.8 Å². The minimum absolute atomic E-state index is 0.212. The van der Waals surface area contributed by atoms with Crippen LogP contribution in [0.3, 0.4) is 0 Å². The van der Waals surface area contributed by atoms with Gasteiger partial charge in [-0.2, -0.15) is 5.26 Å². The number of methoxy groups -OCH3 is 1. The fraction of sp³-hybridized carbons (Fsp3) is 0.364. The van der Waals surface area contributed by atoms with Gasteiger partial charge in [-0.15, -0.1) is 10.2 Å². The van der Waals surface area contributed by atoms with Crippen LogP contribution in [0, 0.1) is 11.3 Å². The van der Waals surface area contributed by atoms with Crippen LogP contribution < -0.4 is 15.4 Å². The summed E-state index contributed by atoms with van der Waals surface area (Å²) < 4.78 is 13.1. The summed E-state index contributed by atoms with van der Waals surface area (Å²) in [5, 5.41) is 24.4. The van der Waals surface area contributed by atoms with Crippen molar-refractivity contribution >= 4 is 11.7 Å². The SMILES string of the molecule is COCCNCc1cc(C(=O)Nc2cc(-c3ccc(C#N)cc3-c3nncn3C)cc(C3CC3)n2)c2c(c1)C(C)(C)CO2. The summed E-state index contributed by atoms with van der Waals surface area (Å²) in [6, 6.07) is 15.7. The van der Waals surface area contributed by atoms with Gasteiger partial charge in [0, 0.05) is 55.4 Å². The molecule has 4 aromatic rings. The lowest BCUT2D eigenvalue weighted by Gasteiger charge is -2.18. The number of nitriles is 1. The highest BCUT2D eigenvalue weighted by atomic mass is 16.5. The normalized spacial score (nSPS) is 15.0. The molecule has 220 valence electrons. The number of rotatable bonds is 10. The first-order valence-electron chi connectivity index (χ1n) is 14.5. The van der Waals surface area contributed by atoms with E-state index in [1.54, 1.807) is 19.5 Å². The Hall–Kier alpha value is -4.59. The van der Waals surface area contributed by atoms with E-state index in [2.05, 4.69) is 52.9 Å². The van der Waals surface area contributed by atoms with Gasteiger partial charge in [0.25, 0.3) is 5.91 Å². The van der Waals surface area contributed by atoms with Crippen LogP contribution >= 0.6 is 0 Å². The van der Waals surface area contributed by atoms with E-state index in [9.17, 15) is 10.1 Å². The molecule has 1 amide bonds. The van der Waals surface area contributed by atoms with Crippen LogP contribution in [-0.2, 0) is 23.7 Å². The van der Waals surface area contributed by atoms with Crippen LogP contribution in [0.2, 0.25) is 0 Å². The summed E-state index contributed by atoms with van der Waals surface area (Å²) in [6.45, 7) is 6.68. The Bertz CT molecular complexity index is 1730. The van der Waals surface area contributed by atoms with E-state index in [-0.39, 0.29) is 11.3 Å². The fourth-order valence-electron chi connectivity index (χ4n) is 5.48. The summed E-state index contributed by atoms with van der Waals surface area (Å²) in [5.74, 6) is 1.81. The zero-order valence-electron chi connectivity index (χ0n) is 24.9. The highest BCUT2D eigenvalue weighted by Gasteiger charge is 2.35. The lowest BCUT2D eigenvalue weighted by atomic mass is 9.85. The molecule has 1 fully saturated rings. The smallest absolute Gasteiger partial charge is 0.260 e. The molecule has 2 N–H and O–H groups in total. The molecular formula is C33H35N7O3. The number of anilines is 1. The molecular weight excluding hydrogens is 542 g/mol. The topological polar surface area (TPSA) is 127 Å². The molecule has 0 spiro atoms. The number of ether oxygens (including phenoxy) is 2. The highest BCUT2D eigenvalue weighted by molar-refractivity contribution is 6.06. The number of hydrogen-bond acceptors (Lipinski definition) is 8. The molecule has 10 nitrogen and oxygen atoms in total. The first kappa shape index (κ1) is 28.5. The number of pyridine rings is 1. The maximum absolute atomic E-state index is 13.9. The van der Waals surface area contributed by atoms with Crippen molar-refractivity contribution in [2.45, 2.75) is 44.6 Å². The number of hydrogen-bond donors (Lipinski definition) is 2. The second-order valence-electron chi connectivity index (χ2n) is 11.9. The highest BCUT2D eigenvalue weighted by Crippen LogP contribution is 2.43. The molecule has 10 heteroatoms. The van der Waals surface area contributed by atoms with Crippen LogP contribution in [-0.4, -0.2) is 52.5 Å². The standard InChI is InChI=1S/C33H35N7O3/c1-33(2)18-43-30-26(12-21(13-27(30)33)17-35-9-10-42-4)32(41)38-29-15-23(14-28(37-29)22-6-7-22)24-8-5-20(16-34)11-25(24)31-39-36-19-40(31)3/h5,8,11-15,19,22,35H,6-7,9-10,17-18H2,1-4H3,(H,37,38,41). The van der Waals surface area contributed by atoms with E-state index in [0.29, 0.717) is 60.7 Å². The Morgan fingerprint density at radius 3 is 2.74 bits per heavy atom. The van der Waals surface area contributed by atoms with Gasteiger partial charge in [0.2, 0.25) is 0 Å². The average Bonchev–Trinajstić information content (AvgIpc) is 3.70. The lowest BCUT2D eigenvalue weighted by Crippen LogP contribution is -2.21. The number of aryl methyl sites for hydroxylation is 1. The summed E-state index contributed by atoms with van der Waals surface area (Å²) in [5.41, 5.74) is 6.31. The number of carbonyl (C=O) groups is 1. The number of nitrogens with zero attached hydrogens (tertiary/aromatic N) is 5. The van der Waals surface area contributed by atoms with Crippen LogP contribution in [0.5, 0.6) is 5.75 Å². The Labute approximate surface area is 251 Å². The molecule has 0 atom stereocenters. The summed E-state index contributed by atoms with van der Waals surface area (Å²) >= 11 is 0. The first-order chi connectivity index (χ1) is 20.8. The second-order valence-corrected chi connectivity index (χ2v) is 11.9. The molecule has 6 rings (SSSR count). The Balaban J connectivity index is 1.38. The largest absolute Gasteiger partial charge is 0.492 e. The maximum Gasteiger partial charge on any atom is 0.260 e. The van der Waals surface area contributed by atoms with Crippen molar-refractivity contribution in [1.82, 2.24) is 25.1 Å². The molecule has 3 heterocycles. The molecule has 43 heavy (non-hydrogen) atoms. The third-order valence-electron chi connectivity index (χ3n) is 8.01. The third kappa shape index (κ3) is 5.87. The summed E-state index contributed by atoms with van der Waals surface area (Å²) in [4.78, 5) is 18.8. The molecule has 0 radical (unpaired) electrons. The van der Waals surface area contributed by atoms with Crippen molar-refractivity contribution < 1.29 is 14.3 Å². The average molecular weight is 578 g/mol. The van der Waals surface area contributed by atoms with Crippen molar-refractivity contribution in [3.05, 3.63) is 76.7 Å². The van der Waals surface area contributed by atoms with Gasteiger partial charge in [-0.3, -0.25) is 4.79 Å². The van der Waals surface area contributed by atoms with E-state index in [1.165, 1.54) is 0 Å². The molecule has 2 aromatic carbocycles. The van der Waals surface area contributed by atoms with Gasteiger partial charge in [0.15, 0.2) is 5.82 Å². The molecule has 2 aromatic heterocycles. The number of nitrogens with one attached hydrogen (secondary N) is 2. The van der Waals surface area contributed by atoms with Gasteiger partial charge in [-0.25, -0.2) is 4.98 Å². The van der Waals surface area contributed by atoms with Gasteiger partial charge < -0.3 is 24.7 Å². The monoisotopic (exact) mass is 577 g/mol. The third-order valence-corrected chi connectivity index (χ3v) is 8.01. The van der Waals surface area contributed by atoms with Crippen molar-refractivity contribution in [3.63, 3.8) is 0 Å². The minimum atomic E-state index is -0.271. The Kier molecular flexibility index (Phi) is 7.69. The number of aromatic nitrogens is 4. The fourth-order valence-corrected chi connectivity index (χ4v) is 5.48. The molecule has 2 aliphatic rings. The van der Waals surface area contributed by atoms with Crippen molar-refractivity contribution in [1.29, 1.82) is 5.26 Å². The predicted octanol–water partition coefficient (Wildman–Crippen LogP) is 4.95. The Morgan fingerprint density at radius 1 is 1.19 bits per heavy atom. The van der Waals surface area contributed by atoms with Gasteiger partial charge in [-0.1, -0.05) is 26.0 Å². The zero-order valence-corrected chi connectivity index (χ0v) is 24.9. The number of carbonyl (C=O) groups excluding carboxylic acids is 1. The minimum Gasteiger partial charge on any atom is -0.492 e. The van der Waals surface area contributed by atoms with E-state index in [0.717, 1.165) is 46.4 Å². The van der Waals surface area contributed by atoms with E-state index < -0.39 is 0 Å². The number of benzene rings is 2. The van der Waals surface area contributed by atoms with E-state index >= 15 is 0 Å². The molecule has 0 unspecified atom stereocenters. The van der Waals surface area contributed by atoms with Gasteiger partial charge in [0.1, 0.15) is 17.9 Å². The number of amides is 1. The van der Waals surface area contributed by atoms with Crippen molar-refractivity contribution in [3.8, 4) is 34.3 Å².